The van der Waals surface area contributed by atoms with Gasteiger partial charge < -0.3 is 10.2 Å². The van der Waals surface area contributed by atoms with Crippen molar-refractivity contribution in [3.8, 4) is 0 Å². The van der Waals surface area contributed by atoms with Crippen molar-refractivity contribution >= 4 is 22.5 Å². The third-order valence-corrected chi connectivity index (χ3v) is 5.26. The Morgan fingerprint density at radius 1 is 1.24 bits per heavy atom. The van der Waals surface area contributed by atoms with E-state index in [1.807, 2.05) is 6.07 Å². The molecule has 5 heteroatoms. The molecule has 0 saturated carbocycles. The number of fused-ring (bicyclic) bond motifs is 1. The molecule has 0 unspecified atom stereocenters. The van der Waals surface area contributed by atoms with Crippen LogP contribution in [0.5, 0.6) is 0 Å². The minimum absolute atomic E-state index is 0.0722. The molecule has 1 fully saturated rings. The van der Waals surface area contributed by atoms with Crippen molar-refractivity contribution in [1.82, 2.24) is 10.3 Å². The Bertz CT molecular complexity index is 754. The van der Waals surface area contributed by atoms with Crippen LogP contribution in [0.25, 0.3) is 10.9 Å². The third-order valence-electron chi connectivity index (χ3n) is 5.26. The summed E-state index contributed by atoms with van der Waals surface area (Å²) in [5, 5.41) is 4.09. The largest absolute Gasteiger partial charge is 0.371 e. The second-order valence-electron chi connectivity index (χ2n) is 7.29. The molecule has 0 radical (unpaired) electrons. The van der Waals surface area contributed by atoms with Crippen LogP contribution in [0.3, 0.4) is 0 Å². The lowest BCUT2D eigenvalue weighted by Gasteiger charge is -2.34. The van der Waals surface area contributed by atoms with Gasteiger partial charge in [0.05, 0.1) is 5.52 Å². The van der Waals surface area contributed by atoms with Crippen molar-refractivity contribution in [3.05, 3.63) is 36.3 Å². The van der Waals surface area contributed by atoms with E-state index in [1.165, 1.54) is 12.1 Å². The van der Waals surface area contributed by atoms with Crippen LogP contribution in [0.1, 0.15) is 33.6 Å². The maximum Gasteiger partial charge on any atom is 0.223 e. The normalized spacial score (nSPS) is 17.1. The van der Waals surface area contributed by atoms with Gasteiger partial charge in [-0.15, -0.1) is 0 Å². The minimum Gasteiger partial charge on any atom is -0.371 e. The molecular formula is C20H26FN3O. The zero-order valence-corrected chi connectivity index (χ0v) is 15.1. The van der Waals surface area contributed by atoms with Gasteiger partial charge in [-0.05, 0) is 43.9 Å². The van der Waals surface area contributed by atoms with E-state index in [4.69, 9.17) is 0 Å². The molecule has 1 aliphatic heterocycles. The van der Waals surface area contributed by atoms with Crippen LogP contribution in [0.2, 0.25) is 0 Å². The SMILES string of the molecule is CC(C)[C@H](C)NC(=O)C1CCN(c2ccnc3cc(F)ccc23)CC1. The van der Waals surface area contributed by atoms with E-state index < -0.39 is 0 Å². The van der Waals surface area contributed by atoms with Crippen LogP contribution >= 0.6 is 0 Å². The number of carbonyl (C=O) groups excluding carboxylic acids is 1. The first-order valence-electron chi connectivity index (χ1n) is 9.05. The number of hydrogen-bond acceptors (Lipinski definition) is 3. The van der Waals surface area contributed by atoms with Crippen LogP contribution in [0, 0.1) is 17.7 Å². The second-order valence-corrected chi connectivity index (χ2v) is 7.29. The average molecular weight is 343 g/mol. The molecule has 2 heterocycles. The lowest BCUT2D eigenvalue weighted by atomic mass is 9.94. The van der Waals surface area contributed by atoms with Crippen LogP contribution in [0.4, 0.5) is 10.1 Å². The van der Waals surface area contributed by atoms with E-state index >= 15 is 0 Å². The van der Waals surface area contributed by atoms with E-state index in [2.05, 4.69) is 36.0 Å². The maximum atomic E-state index is 13.4. The highest BCUT2D eigenvalue weighted by atomic mass is 19.1. The summed E-state index contributed by atoms with van der Waals surface area (Å²) in [6, 6.07) is 6.90. The number of carbonyl (C=O) groups is 1. The fourth-order valence-corrected chi connectivity index (χ4v) is 3.27. The van der Waals surface area contributed by atoms with Gasteiger partial charge in [-0.25, -0.2) is 4.39 Å². The first-order valence-corrected chi connectivity index (χ1v) is 9.05. The predicted octanol–water partition coefficient (Wildman–Crippen LogP) is 3.75. The van der Waals surface area contributed by atoms with Gasteiger partial charge >= 0.3 is 0 Å². The maximum absolute atomic E-state index is 13.4. The van der Waals surface area contributed by atoms with Gasteiger partial charge in [0.15, 0.2) is 0 Å². The van der Waals surface area contributed by atoms with Crippen LogP contribution in [0.15, 0.2) is 30.5 Å². The van der Waals surface area contributed by atoms with Gasteiger partial charge in [0.2, 0.25) is 5.91 Å². The Morgan fingerprint density at radius 3 is 2.64 bits per heavy atom. The molecule has 0 spiro atoms. The number of piperidine rings is 1. The van der Waals surface area contributed by atoms with Crippen molar-refractivity contribution in [3.63, 3.8) is 0 Å². The van der Waals surface area contributed by atoms with Gasteiger partial charge in [-0.3, -0.25) is 9.78 Å². The van der Waals surface area contributed by atoms with Crippen molar-refractivity contribution in [2.24, 2.45) is 11.8 Å². The lowest BCUT2D eigenvalue weighted by Crippen LogP contribution is -2.44. The van der Waals surface area contributed by atoms with Crippen molar-refractivity contribution in [1.29, 1.82) is 0 Å². The van der Waals surface area contributed by atoms with Crippen LogP contribution < -0.4 is 10.2 Å². The topological polar surface area (TPSA) is 45.2 Å². The molecular weight excluding hydrogens is 317 g/mol. The Hall–Kier alpha value is -2.17. The minimum atomic E-state index is -0.271. The number of aromatic nitrogens is 1. The Kier molecular flexibility index (Phi) is 5.21. The molecule has 25 heavy (non-hydrogen) atoms. The number of amides is 1. The molecule has 1 aromatic carbocycles. The van der Waals surface area contributed by atoms with Gasteiger partial charge in [0.25, 0.3) is 0 Å². The summed E-state index contributed by atoms with van der Waals surface area (Å²) < 4.78 is 13.4. The number of pyridine rings is 1. The highest BCUT2D eigenvalue weighted by Gasteiger charge is 2.27. The summed E-state index contributed by atoms with van der Waals surface area (Å²) in [6.45, 7) is 7.94. The fraction of sp³-hybridized carbons (Fsp3) is 0.500. The molecule has 0 bridgehead atoms. The molecule has 3 rings (SSSR count). The summed E-state index contributed by atoms with van der Waals surface area (Å²) in [5.74, 6) is 0.407. The molecule has 1 N–H and O–H groups in total. The number of benzene rings is 1. The number of nitrogens with zero attached hydrogens (tertiary/aromatic N) is 2. The Balaban J connectivity index is 1.68. The molecule has 0 aliphatic carbocycles. The standard InChI is InChI=1S/C20H26FN3O/c1-13(2)14(3)23-20(25)15-7-10-24(11-8-15)19-6-9-22-18-12-16(21)4-5-17(18)19/h4-6,9,12-15H,7-8,10-11H2,1-3H3,(H,23,25)/t14-/m0/s1. The fourth-order valence-electron chi connectivity index (χ4n) is 3.27. The molecule has 1 aromatic heterocycles. The van der Waals surface area contributed by atoms with Gasteiger partial charge in [-0.1, -0.05) is 13.8 Å². The number of anilines is 1. The summed E-state index contributed by atoms with van der Waals surface area (Å²) >= 11 is 0. The van der Waals surface area contributed by atoms with E-state index in [1.54, 1.807) is 12.3 Å². The first kappa shape index (κ1) is 17.6. The summed E-state index contributed by atoms with van der Waals surface area (Å²) in [4.78, 5) is 19.0. The zero-order chi connectivity index (χ0) is 18.0. The lowest BCUT2D eigenvalue weighted by molar-refractivity contribution is -0.126. The van der Waals surface area contributed by atoms with Crippen molar-refractivity contribution < 1.29 is 9.18 Å². The molecule has 4 nitrogen and oxygen atoms in total. The van der Waals surface area contributed by atoms with Crippen LogP contribution in [-0.4, -0.2) is 30.0 Å². The molecule has 1 amide bonds. The van der Waals surface area contributed by atoms with Crippen LogP contribution in [-0.2, 0) is 4.79 Å². The van der Waals surface area contributed by atoms with Gasteiger partial charge in [-0.2, -0.15) is 0 Å². The zero-order valence-electron chi connectivity index (χ0n) is 15.1. The first-order chi connectivity index (χ1) is 12.0. The van der Waals surface area contributed by atoms with Crippen molar-refractivity contribution in [2.75, 3.05) is 18.0 Å². The number of rotatable bonds is 4. The quantitative estimate of drug-likeness (QED) is 0.919. The van der Waals surface area contributed by atoms with Gasteiger partial charge in [0.1, 0.15) is 5.82 Å². The van der Waals surface area contributed by atoms with Crippen molar-refractivity contribution in [2.45, 2.75) is 39.7 Å². The monoisotopic (exact) mass is 343 g/mol. The second kappa shape index (κ2) is 7.38. The average Bonchev–Trinajstić information content (AvgIpc) is 2.61. The summed E-state index contributed by atoms with van der Waals surface area (Å²) in [5.41, 5.74) is 1.74. The van der Waals surface area contributed by atoms with Gasteiger partial charge in [0, 0.05) is 48.4 Å². The van der Waals surface area contributed by atoms with E-state index in [9.17, 15) is 9.18 Å². The van der Waals surface area contributed by atoms with E-state index in [0.717, 1.165) is 37.0 Å². The predicted molar refractivity (Wildman–Crippen MR) is 99.1 cm³/mol. The van der Waals surface area contributed by atoms with E-state index in [-0.39, 0.29) is 23.7 Å². The Morgan fingerprint density at radius 2 is 1.96 bits per heavy atom. The number of hydrogen-bond donors (Lipinski definition) is 1. The smallest absolute Gasteiger partial charge is 0.223 e. The third kappa shape index (κ3) is 3.91. The highest BCUT2D eigenvalue weighted by Crippen LogP contribution is 2.29. The Labute approximate surface area is 148 Å². The molecule has 2 aromatic rings. The summed E-state index contributed by atoms with van der Waals surface area (Å²) in [7, 11) is 0. The van der Waals surface area contributed by atoms with E-state index in [0.29, 0.717) is 11.4 Å². The number of halogens is 1. The molecule has 1 saturated heterocycles. The molecule has 1 aliphatic rings. The number of nitrogens with one attached hydrogen (secondary N) is 1. The molecule has 1 atom stereocenters. The summed E-state index contributed by atoms with van der Waals surface area (Å²) in [6.07, 6.45) is 3.39. The highest BCUT2D eigenvalue weighted by molar-refractivity contribution is 5.91. The molecule has 134 valence electrons.